The maximum absolute atomic E-state index is 13.0. The zero-order valence-corrected chi connectivity index (χ0v) is 15.8. The maximum Gasteiger partial charge on any atom is 0.352 e. The van der Waals surface area contributed by atoms with E-state index in [9.17, 15) is 9.59 Å². The fraction of sp³-hybridized carbons (Fsp3) is 0.182. The molecule has 0 unspecified atom stereocenters. The number of hydrogen-bond acceptors (Lipinski definition) is 4. The van der Waals surface area contributed by atoms with Crippen molar-refractivity contribution in [2.24, 2.45) is 0 Å². The fourth-order valence-corrected chi connectivity index (χ4v) is 3.29. The van der Waals surface area contributed by atoms with Crippen molar-refractivity contribution in [3.63, 3.8) is 0 Å². The van der Waals surface area contributed by atoms with E-state index in [2.05, 4.69) is 28.2 Å². The number of fused-ring (bicyclic) bond motifs is 1. The second-order valence-electron chi connectivity index (χ2n) is 6.91. The summed E-state index contributed by atoms with van der Waals surface area (Å²) in [5.74, 6) is 0.399. The van der Waals surface area contributed by atoms with Gasteiger partial charge in [0, 0.05) is 18.9 Å². The van der Waals surface area contributed by atoms with Crippen LogP contribution in [0.1, 0.15) is 22.4 Å². The molecule has 0 radical (unpaired) electrons. The quantitative estimate of drug-likeness (QED) is 0.552. The van der Waals surface area contributed by atoms with Crippen LogP contribution in [0.25, 0.3) is 11.4 Å². The van der Waals surface area contributed by atoms with E-state index in [-0.39, 0.29) is 12.1 Å². The predicted octanol–water partition coefficient (Wildman–Crippen LogP) is 2.62. The highest BCUT2D eigenvalue weighted by molar-refractivity contribution is 5.55. The Kier molecular flexibility index (Phi) is 4.61. The molecule has 6 heteroatoms. The van der Waals surface area contributed by atoms with E-state index in [0.717, 1.165) is 21.3 Å². The van der Waals surface area contributed by atoms with Gasteiger partial charge in [0.05, 0.1) is 17.8 Å². The van der Waals surface area contributed by atoms with Crippen molar-refractivity contribution in [1.82, 2.24) is 19.1 Å². The lowest BCUT2D eigenvalue weighted by Crippen LogP contribution is -2.38. The summed E-state index contributed by atoms with van der Waals surface area (Å²) in [6, 6.07) is 15.2. The van der Waals surface area contributed by atoms with Gasteiger partial charge in [-0.1, -0.05) is 29.8 Å². The first kappa shape index (κ1) is 17.9. The minimum atomic E-state index is -0.566. The first-order chi connectivity index (χ1) is 13.5. The van der Waals surface area contributed by atoms with Crippen molar-refractivity contribution in [2.45, 2.75) is 26.9 Å². The molecular weight excluding hydrogens is 352 g/mol. The summed E-state index contributed by atoms with van der Waals surface area (Å²) >= 11 is 0. The summed E-state index contributed by atoms with van der Waals surface area (Å²) in [5, 5.41) is 0. The first-order valence-electron chi connectivity index (χ1n) is 9.09. The summed E-state index contributed by atoms with van der Waals surface area (Å²) in [4.78, 5) is 34.0. The Balaban J connectivity index is 1.80. The number of rotatable bonds is 4. The Hall–Kier alpha value is -3.54. The minimum absolute atomic E-state index is 0.104. The third kappa shape index (κ3) is 3.36. The van der Waals surface area contributed by atoms with Crippen molar-refractivity contribution < 1.29 is 0 Å². The third-order valence-electron chi connectivity index (χ3n) is 4.84. The number of aryl methyl sites for hydroxylation is 2. The van der Waals surface area contributed by atoms with Crippen molar-refractivity contribution in [1.29, 1.82) is 0 Å². The van der Waals surface area contributed by atoms with E-state index in [1.165, 1.54) is 0 Å². The predicted molar refractivity (Wildman–Crippen MR) is 108 cm³/mol. The third-order valence-corrected chi connectivity index (χ3v) is 4.84. The summed E-state index contributed by atoms with van der Waals surface area (Å²) in [6.45, 7) is 4.74. The molecule has 0 fully saturated rings. The standard InChI is InChI=1S/C22H20N4O2/c1-15-8-9-16(2)17(12-15)13-25-11-5-7-19-20(25)24-22(28)26(21(19)27)14-18-6-3-4-10-23-18/h3-12H,13-14H2,1-2H3. The van der Waals surface area contributed by atoms with E-state index in [1.54, 1.807) is 24.4 Å². The van der Waals surface area contributed by atoms with Gasteiger partial charge >= 0.3 is 5.69 Å². The van der Waals surface area contributed by atoms with Gasteiger partial charge in [0.1, 0.15) is 0 Å². The molecule has 2 aliphatic rings. The van der Waals surface area contributed by atoms with Crippen LogP contribution in [-0.2, 0) is 13.1 Å². The van der Waals surface area contributed by atoms with Gasteiger partial charge < -0.3 is 4.57 Å². The molecule has 2 aliphatic heterocycles. The second-order valence-corrected chi connectivity index (χ2v) is 6.91. The van der Waals surface area contributed by atoms with Gasteiger partial charge in [0.15, 0.2) is 5.82 Å². The Labute approximate surface area is 162 Å². The SMILES string of the molecule is Cc1ccc(C)c(Cn2cccc3c(=O)n(Cc4ccccn4)c(=O)nc2-3)c1. The van der Waals surface area contributed by atoms with E-state index < -0.39 is 5.69 Å². The van der Waals surface area contributed by atoms with E-state index >= 15 is 0 Å². The number of pyridine rings is 2. The number of hydrogen-bond donors (Lipinski definition) is 0. The van der Waals surface area contributed by atoms with Crippen LogP contribution < -0.4 is 11.2 Å². The van der Waals surface area contributed by atoms with Crippen LogP contribution in [0.4, 0.5) is 0 Å². The molecule has 28 heavy (non-hydrogen) atoms. The van der Waals surface area contributed by atoms with Crippen LogP contribution in [-0.4, -0.2) is 19.1 Å². The molecule has 3 heterocycles. The molecular formula is C22H20N4O2. The van der Waals surface area contributed by atoms with E-state index in [1.807, 2.05) is 36.7 Å². The normalized spacial score (nSPS) is 11.1. The van der Waals surface area contributed by atoms with Crippen molar-refractivity contribution in [3.8, 4) is 11.4 Å². The molecule has 6 nitrogen and oxygen atoms in total. The van der Waals surface area contributed by atoms with Crippen LogP contribution in [0.15, 0.2) is 70.5 Å². The molecule has 0 atom stereocenters. The van der Waals surface area contributed by atoms with Crippen molar-refractivity contribution in [2.75, 3.05) is 0 Å². The fourth-order valence-electron chi connectivity index (χ4n) is 3.29. The Morgan fingerprint density at radius 1 is 0.964 bits per heavy atom. The van der Waals surface area contributed by atoms with Crippen molar-refractivity contribution >= 4 is 0 Å². The molecule has 2 aromatic rings. The molecule has 0 N–H and O–H groups in total. The first-order valence-corrected chi connectivity index (χ1v) is 9.09. The van der Waals surface area contributed by atoms with Gasteiger partial charge in [-0.05, 0) is 49.2 Å². The summed E-state index contributed by atoms with van der Waals surface area (Å²) in [6.07, 6.45) is 3.48. The Bertz CT molecular complexity index is 1230. The van der Waals surface area contributed by atoms with Crippen LogP contribution in [0, 0.1) is 13.8 Å². The number of aromatic nitrogens is 4. The summed E-state index contributed by atoms with van der Waals surface area (Å²) in [5.41, 5.74) is 3.59. The van der Waals surface area contributed by atoms with Gasteiger partial charge in [-0.3, -0.25) is 14.3 Å². The van der Waals surface area contributed by atoms with Crippen LogP contribution >= 0.6 is 0 Å². The van der Waals surface area contributed by atoms with Gasteiger partial charge in [0.25, 0.3) is 5.56 Å². The molecule has 0 aliphatic carbocycles. The molecule has 4 rings (SSSR count). The van der Waals surface area contributed by atoms with Crippen LogP contribution in [0.2, 0.25) is 0 Å². The van der Waals surface area contributed by atoms with Gasteiger partial charge in [-0.25, -0.2) is 4.79 Å². The molecule has 1 aromatic heterocycles. The average molecular weight is 372 g/mol. The van der Waals surface area contributed by atoms with Gasteiger partial charge in [-0.2, -0.15) is 4.98 Å². The van der Waals surface area contributed by atoms with E-state index in [0.29, 0.717) is 23.6 Å². The lowest BCUT2D eigenvalue weighted by atomic mass is 10.1. The van der Waals surface area contributed by atoms with E-state index in [4.69, 9.17) is 0 Å². The summed E-state index contributed by atoms with van der Waals surface area (Å²) in [7, 11) is 0. The molecule has 0 bridgehead atoms. The van der Waals surface area contributed by atoms with Crippen LogP contribution in [0.5, 0.6) is 0 Å². The highest BCUT2D eigenvalue weighted by atomic mass is 16.2. The topological polar surface area (TPSA) is 69.8 Å². The molecule has 0 saturated heterocycles. The Morgan fingerprint density at radius 2 is 1.82 bits per heavy atom. The largest absolute Gasteiger partial charge is 0.352 e. The zero-order valence-electron chi connectivity index (χ0n) is 15.8. The second kappa shape index (κ2) is 7.23. The molecule has 0 spiro atoms. The number of benzene rings is 1. The monoisotopic (exact) mass is 372 g/mol. The zero-order chi connectivity index (χ0) is 19.7. The number of nitrogens with zero attached hydrogens (tertiary/aromatic N) is 4. The molecule has 140 valence electrons. The molecule has 0 saturated carbocycles. The van der Waals surface area contributed by atoms with Gasteiger partial charge in [0.2, 0.25) is 0 Å². The lowest BCUT2D eigenvalue weighted by Gasteiger charge is -2.16. The average Bonchev–Trinajstić information content (AvgIpc) is 2.69. The highest BCUT2D eigenvalue weighted by Gasteiger charge is 2.17. The minimum Gasteiger partial charge on any atom is -0.328 e. The lowest BCUT2D eigenvalue weighted by molar-refractivity contribution is 0.667. The van der Waals surface area contributed by atoms with Gasteiger partial charge in [-0.15, -0.1) is 0 Å². The smallest absolute Gasteiger partial charge is 0.328 e. The van der Waals surface area contributed by atoms with Crippen molar-refractivity contribution in [3.05, 3.63) is 104 Å². The summed E-state index contributed by atoms with van der Waals surface area (Å²) < 4.78 is 2.98. The highest BCUT2D eigenvalue weighted by Crippen LogP contribution is 2.18. The van der Waals surface area contributed by atoms with Crippen LogP contribution in [0.3, 0.4) is 0 Å². The molecule has 0 amide bonds. The molecule has 1 aromatic carbocycles. The maximum atomic E-state index is 13.0. The Morgan fingerprint density at radius 3 is 2.61 bits per heavy atom.